The van der Waals surface area contributed by atoms with Crippen LogP contribution in [0.3, 0.4) is 0 Å². The highest BCUT2D eigenvalue weighted by Crippen LogP contribution is 2.32. The highest BCUT2D eigenvalue weighted by atomic mass is 16.6. The van der Waals surface area contributed by atoms with Crippen LogP contribution in [-0.2, 0) is 9.53 Å². The number of nitrogens with one attached hydrogen (secondary N) is 1. The van der Waals surface area contributed by atoms with E-state index in [-0.39, 0.29) is 23.2 Å². The van der Waals surface area contributed by atoms with E-state index in [1.807, 2.05) is 4.90 Å². The van der Waals surface area contributed by atoms with Crippen molar-refractivity contribution in [2.24, 2.45) is 11.8 Å². The summed E-state index contributed by atoms with van der Waals surface area (Å²) < 4.78 is 5.11. The lowest BCUT2D eigenvalue weighted by Crippen LogP contribution is -2.45. The number of esters is 1. The Balaban J connectivity index is 1.59. The van der Waals surface area contributed by atoms with Gasteiger partial charge in [0.25, 0.3) is 11.6 Å². The average Bonchev–Trinajstić information content (AvgIpc) is 3.24. The molecule has 1 N–H and O–H groups in total. The highest BCUT2D eigenvalue weighted by molar-refractivity contribution is 5.93. The lowest BCUT2D eigenvalue weighted by Gasteiger charge is -2.34. The zero-order valence-electron chi connectivity index (χ0n) is 17.1. The molecule has 1 aliphatic carbocycles. The van der Waals surface area contributed by atoms with Crippen LogP contribution >= 0.6 is 0 Å². The average molecular weight is 403 g/mol. The first-order chi connectivity index (χ1) is 13.9. The molecule has 3 rings (SSSR count). The van der Waals surface area contributed by atoms with Gasteiger partial charge in [-0.2, -0.15) is 0 Å². The smallest absolute Gasteiger partial charge is 0.338 e. The molecule has 1 aromatic rings. The van der Waals surface area contributed by atoms with Gasteiger partial charge < -0.3 is 15.0 Å². The Morgan fingerprint density at radius 3 is 2.62 bits per heavy atom. The van der Waals surface area contributed by atoms with Gasteiger partial charge in [-0.15, -0.1) is 0 Å². The van der Waals surface area contributed by atoms with E-state index in [1.54, 1.807) is 6.07 Å². The standard InChI is InChI=1S/C21H29N3O5/c1-14-6-5-7-17(15(14)2)22-20(25)13-29-21(26)16-8-9-18(19(12-16)24(27)28)23-10-3-4-11-23/h8-9,12,14-15,17H,3-7,10-11,13H2,1-2H3,(H,22,25)/t14-,15+,17-/m0/s1. The molecule has 2 fully saturated rings. The van der Waals surface area contributed by atoms with Crippen molar-refractivity contribution in [3.8, 4) is 0 Å². The number of amides is 1. The minimum absolute atomic E-state index is 0.0760. The first-order valence-corrected chi connectivity index (χ1v) is 10.4. The zero-order chi connectivity index (χ0) is 21.0. The molecule has 1 saturated heterocycles. The van der Waals surface area contributed by atoms with Gasteiger partial charge in [0.2, 0.25) is 0 Å². The SMILES string of the molecule is C[C@H]1[C@@H](NC(=O)COC(=O)c2ccc(N3CCCC3)c([N+](=O)[O-])c2)CCC[C@@H]1C. The van der Waals surface area contributed by atoms with Gasteiger partial charge in [-0.05, 0) is 43.2 Å². The van der Waals surface area contributed by atoms with Gasteiger partial charge in [-0.25, -0.2) is 4.79 Å². The summed E-state index contributed by atoms with van der Waals surface area (Å²) in [6, 6.07) is 4.43. The summed E-state index contributed by atoms with van der Waals surface area (Å²) in [5.74, 6) is -0.149. The molecule has 1 saturated carbocycles. The second-order valence-corrected chi connectivity index (χ2v) is 8.17. The van der Waals surface area contributed by atoms with Crippen molar-refractivity contribution in [3.63, 3.8) is 0 Å². The van der Waals surface area contributed by atoms with Crippen molar-refractivity contribution in [2.75, 3.05) is 24.6 Å². The quantitative estimate of drug-likeness (QED) is 0.444. The second kappa shape index (κ2) is 9.24. The van der Waals surface area contributed by atoms with Crippen LogP contribution in [-0.4, -0.2) is 42.5 Å². The van der Waals surface area contributed by atoms with Gasteiger partial charge in [-0.1, -0.05) is 26.7 Å². The Hall–Kier alpha value is -2.64. The summed E-state index contributed by atoms with van der Waals surface area (Å²) in [4.78, 5) is 37.5. The molecule has 1 amide bonds. The molecule has 1 aliphatic heterocycles. The maximum Gasteiger partial charge on any atom is 0.338 e. The first kappa shape index (κ1) is 21.1. The highest BCUT2D eigenvalue weighted by Gasteiger charge is 2.29. The van der Waals surface area contributed by atoms with Crippen LogP contribution in [0.25, 0.3) is 0 Å². The first-order valence-electron chi connectivity index (χ1n) is 10.4. The van der Waals surface area contributed by atoms with Gasteiger partial charge in [0.05, 0.1) is 10.5 Å². The van der Waals surface area contributed by atoms with Crippen LogP contribution in [0.2, 0.25) is 0 Å². The van der Waals surface area contributed by atoms with Crippen LogP contribution in [0.5, 0.6) is 0 Å². The molecule has 0 spiro atoms. The van der Waals surface area contributed by atoms with Crippen LogP contribution in [0, 0.1) is 22.0 Å². The van der Waals surface area contributed by atoms with Gasteiger partial charge in [0.15, 0.2) is 6.61 Å². The number of hydrogen-bond donors (Lipinski definition) is 1. The van der Waals surface area contributed by atoms with Crippen molar-refractivity contribution in [1.29, 1.82) is 0 Å². The summed E-state index contributed by atoms with van der Waals surface area (Å²) in [6.07, 6.45) is 5.15. The van der Waals surface area contributed by atoms with E-state index in [4.69, 9.17) is 4.74 Å². The molecule has 0 radical (unpaired) electrons. The molecule has 29 heavy (non-hydrogen) atoms. The fourth-order valence-corrected chi connectivity index (χ4v) is 4.27. The van der Waals surface area contributed by atoms with Crippen molar-refractivity contribution < 1.29 is 19.2 Å². The largest absolute Gasteiger partial charge is 0.452 e. The topological polar surface area (TPSA) is 102 Å². The number of ether oxygens (including phenoxy) is 1. The van der Waals surface area contributed by atoms with E-state index in [9.17, 15) is 19.7 Å². The van der Waals surface area contributed by atoms with Gasteiger partial charge >= 0.3 is 5.97 Å². The third-order valence-electron chi connectivity index (χ3n) is 6.24. The molecule has 8 heteroatoms. The van der Waals surface area contributed by atoms with E-state index in [2.05, 4.69) is 19.2 Å². The Morgan fingerprint density at radius 2 is 1.93 bits per heavy atom. The molecular formula is C21H29N3O5. The number of nitro benzene ring substituents is 1. The van der Waals surface area contributed by atoms with Crippen molar-refractivity contribution in [3.05, 3.63) is 33.9 Å². The van der Waals surface area contributed by atoms with E-state index < -0.39 is 17.5 Å². The Bertz CT molecular complexity index is 776. The number of carbonyl (C=O) groups excluding carboxylic acids is 2. The number of nitrogens with zero attached hydrogens (tertiary/aromatic N) is 2. The summed E-state index contributed by atoms with van der Waals surface area (Å²) in [5, 5.41) is 14.4. The van der Waals surface area contributed by atoms with Crippen LogP contribution < -0.4 is 10.2 Å². The van der Waals surface area contributed by atoms with Gasteiger partial charge in [-0.3, -0.25) is 14.9 Å². The molecule has 2 aliphatic rings. The normalized spacial score (nSPS) is 24.2. The Kier molecular flexibility index (Phi) is 6.71. The lowest BCUT2D eigenvalue weighted by atomic mass is 9.78. The van der Waals surface area contributed by atoms with Gasteiger partial charge in [0.1, 0.15) is 5.69 Å². The molecule has 8 nitrogen and oxygen atoms in total. The van der Waals surface area contributed by atoms with Crippen LogP contribution in [0.1, 0.15) is 56.3 Å². The van der Waals surface area contributed by atoms with Crippen molar-refractivity contribution in [2.45, 2.75) is 52.0 Å². The van der Waals surface area contributed by atoms with E-state index >= 15 is 0 Å². The number of anilines is 1. The second-order valence-electron chi connectivity index (χ2n) is 8.17. The predicted molar refractivity (Wildman–Crippen MR) is 109 cm³/mol. The molecule has 1 heterocycles. The molecule has 3 atom stereocenters. The number of hydrogen-bond acceptors (Lipinski definition) is 6. The fourth-order valence-electron chi connectivity index (χ4n) is 4.27. The Labute approximate surface area is 170 Å². The molecular weight excluding hydrogens is 374 g/mol. The van der Waals surface area contributed by atoms with Crippen LogP contribution in [0.4, 0.5) is 11.4 Å². The minimum Gasteiger partial charge on any atom is -0.452 e. The maximum atomic E-state index is 12.3. The molecule has 1 aromatic carbocycles. The third kappa shape index (κ3) is 5.05. The monoisotopic (exact) mass is 403 g/mol. The van der Waals surface area contributed by atoms with Crippen molar-refractivity contribution >= 4 is 23.3 Å². The summed E-state index contributed by atoms with van der Waals surface area (Å²) in [7, 11) is 0. The minimum atomic E-state index is -0.735. The van der Waals surface area contributed by atoms with E-state index in [0.29, 0.717) is 17.5 Å². The third-order valence-corrected chi connectivity index (χ3v) is 6.24. The summed E-state index contributed by atoms with van der Waals surface area (Å²) >= 11 is 0. The predicted octanol–water partition coefficient (Wildman–Crippen LogP) is 3.29. The maximum absolute atomic E-state index is 12.3. The summed E-state index contributed by atoms with van der Waals surface area (Å²) in [5.41, 5.74) is 0.477. The lowest BCUT2D eigenvalue weighted by molar-refractivity contribution is -0.384. The fraction of sp³-hybridized carbons (Fsp3) is 0.619. The number of carbonyl (C=O) groups is 2. The number of nitro groups is 1. The zero-order valence-corrected chi connectivity index (χ0v) is 17.1. The van der Waals surface area contributed by atoms with E-state index in [0.717, 1.165) is 45.2 Å². The van der Waals surface area contributed by atoms with Crippen molar-refractivity contribution in [1.82, 2.24) is 5.32 Å². The van der Waals surface area contributed by atoms with Gasteiger partial charge in [0, 0.05) is 25.2 Å². The van der Waals surface area contributed by atoms with E-state index in [1.165, 1.54) is 12.1 Å². The molecule has 0 unspecified atom stereocenters. The number of benzene rings is 1. The molecule has 158 valence electrons. The summed E-state index contributed by atoms with van der Waals surface area (Å²) in [6.45, 7) is 5.45. The molecule has 0 aromatic heterocycles. The van der Waals surface area contributed by atoms with Crippen LogP contribution in [0.15, 0.2) is 18.2 Å². The molecule has 0 bridgehead atoms. The Morgan fingerprint density at radius 1 is 1.21 bits per heavy atom. The number of rotatable bonds is 6.